The van der Waals surface area contributed by atoms with Crippen LogP contribution in [0.25, 0.3) is 0 Å². The molecule has 0 aliphatic carbocycles. The Labute approximate surface area is 67.3 Å². The molecule has 0 fully saturated rings. The second-order valence-electron chi connectivity index (χ2n) is 2.54. The molecule has 0 bridgehead atoms. The van der Waals surface area contributed by atoms with Gasteiger partial charge in [0.15, 0.2) is 0 Å². The van der Waals surface area contributed by atoms with Crippen molar-refractivity contribution in [2.45, 2.75) is 6.32 Å². The Kier molecular flexibility index (Phi) is 2.40. The minimum Gasteiger partial charge on any atom is -0.449 e. The zero-order valence-electron chi connectivity index (χ0n) is 6.11. The second kappa shape index (κ2) is 3.17. The Hall–Kier alpha value is -0.995. The van der Waals surface area contributed by atoms with Crippen molar-refractivity contribution >= 4 is 6.98 Å². The highest BCUT2D eigenvalue weighted by Crippen LogP contribution is 2.16. The summed E-state index contributed by atoms with van der Waals surface area (Å²) >= 11 is 0. The van der Waals surface area contributed by atoms with Crippen LogP contribution >= 0.6 is 0 Å². The van der Waals surface area contributed by atoms with E-state index in [9.17, 15) is 17.3 Å². The average molecular weight is 177 g/mol. The Morgan fingerprint density at radius 1 is 1.00 bits per heavy atom. The highest BCUT2D eigenvalue weighted by molar-refractivity contribution is 6.57. The molecule has 1 aromatic carbocycles. The van der Waals surface area contributed by atoms with Crippen molar-refractivity contribution in [3.8, 4) is 0 Å². The van der Waals surface area contributed by atoms with Gasteiger partial charge in [-0.2, -0.15) is 0 Å². The first-order chi connectivity index (χ1) is 5.47. The van der Waals surface area contributed by atoms with Crippen LogP contribution in [-0.2, 0) is 6.32 Å². The third kappa shape index (κ3) is 2.94. The Morgan fingerprint density at radius 2 is 1.50 bits per heavy atom. The normalized spacial score (nSPS) is 11.7. The largest absolute Gasteiger partial charge is 0.482 e. The Balaban J connectivity index is 2.71. The molecule has 0 heterocycles. The van der Waals surface area contributed by atoms with E-state index in [-0.39, 0.29) is 5.56 Å². The molecule has 66 valence electrons. The molecule has 0 spiro atoms. The summed E-state index contributed by atoms with van der Waals surface area (Å²) in [7, 11) is 0. The zero-order chi connectivity index (χ0) is 9.19. The predicted molar refractivity (Wildman–Crippen MR) is 39.2 cm³/mol. The molecule has 0 atom stereocenters. The average Bonchev–Trinajstić information content (AvgIpc) is 1.91. The number of hydrogen-bond donors (Lipinski definition) is 0. The Morgan fingerprint density at radius 3 is 1.92 bits per heavy atom. The molecular formula is C7H6BF4-. The summed E-state index contributed by atoms with van der Waals surface area (Å²) < 4.78 is 47.7. The van der Waals surface area contributed by atoms with E-state index in [0.717, 1.165) is 24.3 Å². The fourth-order valence-electron chi connectivity index (χ4n) is 0.888. The summed E-state index contributed by atoms with van der Waals surface area (Å²) in [5.74, 6) is -0.520. The summed E-state index contributed by atoms with van der Waals surface area (Å²) in [4.78, 5) is 0. The van der Waals surface area contributed by atoms with Crippen LogP contribution in [0, 0.1) is 5.82 Å². The molecule has 1 rings (SSSR count). The fraction of sp³-hybridized carbons (Fsp3) is 0.143. The van der Waals surface area contributed by atoms with Crippen LogP contribution < -0.4 is 0 Å². The second-order valence-corrected chi connectivity index (χ2v) is 2.54. The van der Waals surface area contributed by atoms with Crippen molar-refractivity contribution in [2.75, 3.05) is 0 Å². The topological polar surface area (TPSA) is 0 Å². The maximum atomic E-state index is 12.2. The third-order valence-corrected chi connectivity index (χ3v) is 1.38. The molecule has 0 saturated carbocycles. The van der Waals surface area contributed by atoms with Crippen molar-refractivity contribution in [1.82, 2.24) is 0 Å². The van der Waals surface area contributed by atoms with Gasteiger partial charge in [-0.1, -0.05) is 24.0 Å². The molecule has 0 saturated heterocycles. The minimum absolute atomic E-state index is 0.101. The van der Waals surface area contributed by atoms with Gasteiger partial charge in [-0.25, -0.2) is 4.39 Å². The third-order valence-electron chi connectivity index (χ3n) is 1.38. The minimum atomic E-state index is -4.82. The molecule has 0 aliphatic heterocycles. The lowest BCUT2D eigenvalue weighted by Gasteiger charge is -2.12. The first-order valence-corrected chi connectivity index (χ1v) is 3.43. The first kappa shape index (κ1) is 9.10. The highest BCUT2D eigenvalue weighted by Gasteiger charge is 2.22. The van der Waals surface area contributed by atoms with Crippen molar-refractivity contribution in [2.24, 2.45) is 0 Å². The molecular weight excluding hydrogens is 171 g/mol. The molecule has 0 N–H and O–H groups in total. The van der Waals surface area contributed by atoms with Gasteiger partial charge >= 0.3 is 6.98 Å². The maximum Gasteiger partial charge on any atom is 0.482 e. The monoisotopic (exact) mass is 177 g/mol. The van der Waals surface area contributed by atoms with Gasteiger partial charge in [-0.05, 0) is 12.1 Å². The van der Waals surface area contributed by atoms with E-state index in [2.05, 4.69) is 0 Å². The maximum absolute atomic E-state index is 12.2. The van der Waals surface area contributed by atoms with Crippen LogP contribution in [0.15, 0.2) is 24.3 Å². The van der Waals surface area contributed by atoms with Gasteiger partial charge in [0.25, 0.3) is 0 Å². The van der Waals surface area contributed by atoms with Crippen molar-refractivity contribution in [3.05, 3.63) is 35.6 Å². The van der Waals surface area contributed by atoms with Crippen LogP contribution in [0.1, 0.15) is 5.56 Å². The lowest BCUT2D eigenvalue weighted by Crippen LogP contribution is -2.19. The molecule has 0 aromatic heterocycles. The lowest BCUT2D eigenvalue weighted by atomic mass is 9.82. The summed E-state index contributed by atoms with van der Waals surface area (Å²) in [5, 5.41) is 0. The van der Waals surface area contributed by atoms with E-state index in [4.69, 9.17) is 0 Å². The summed E-state index contributed by atoms with van der Waals surface area (Å²) in [6.45, 7) is -4.82. The van der Waals surface area contributed by atoms with Crippen LogP contribution in [0.3, 0.4) is 0 Å². The molecule has 5 heteroatoms. The van der Waals surface area contributed by atoms with Crippen molar-refractivity contribution in [3.63, 3.8) is 0 Å². The number of rotatable bonds is 2. The van der Waals surface area contributed by atoms with Gasteiger partial charge in [-0.3, -0.25) is 0 Å². The highest BCUT2D eigenvalue weighted by atomic mass is 19.4. The molecule has 1 aromatic rings. The molecule has 0 nitrogen and oxygen atoms in total. The molecule has 12 heavy (non-hydrogen) atoms. The van der Waals surface area contributed by atoms with Gasteiger partial charge in [0.05, 0.1) is 0 Å². The van der Waals surface area contributed by atoms with E-state index in [1.807, 2.05) is 0 Å². The SMILES string of the molecule is Fc1ccc(C[B-](F)(F)F)cc1. The molecule has 0 radical (unpaired) electrons. The van der Waals surface area contributed by atoms with Gasteiger partial charge in [0.2, 0.25) is 0 Å². The molecule has 0 aliphatic rings. The number of benzene rings is 1. The van der Waals surface area contributed by atoms with E-state index >= 15 is 0 Å². The van der Waals surface area contributed by atoms with Gasteiger partial charge in [-0.15, -0.1) is 0 Å². The van der Waals surface area contributed by atoms with Crippen molar-refractivity contribution in [1.29, 1.82) is 0 Å². The van der Waals surface area contributed by atoms with Gasteiger partial charge < -0.3 is 12.9 Å². The van der Waals surface area contributed by atoms with Crippen LogP contribution in [-0.4, -0.2) is 6.98 Å². The summed E-state index contributed by atoms with van der Waals surface area (Å²) in [6.07, 6.45) is -0.944. The quantitative estimate of drug-likeness (QED) is 0.481. The predicted octanol–water partition coefficient (Wildman–Crippen LogP) is 2.75. The van der Waals surface area contributed by atoms with Crippen LogP contribution in [0.4, 0.5) is 17.3 Å². The standard InChI is InChI=1S/C7H6BF4/c9-7-3-1-6(2-4-7)5-8(10,11)12/h1-4H,5H2/q-1. The van der Waals surface area contributed by atoms with Crippen LogP contribution in [0.2, 0.25) is 0 Å². The van der Waals surface area contributed by atoms with E-state index in [0.29, 0.717) is 0 Å². The summed E-state index contributed by atoms with van der Waals surface area (Å²) in [6, 6.07) is 4.34. The van der Waals surface area contributed by atoms with Crippen molar-refractivity contribution < 1.29 is 17.3 Å². The number of hydrogen-bond acceptors (Lipinski definition) is 0. The first-order valence-electron chi connectivity index (χ1n) is 3.43. The van der Waals surface area contributed by atoms with Gasteiger partial charge in [0, 0.05) is 0 Å². The zero-order valence-corrected chi connectivity index (χ0v) is 6.11. The van der Waals surface area contributed by atoms with Gasteiger partial charge in [0.1, 0.15) is 5.82 Å². The smallest absolute Gasteiger partial charge is 0.449 e. The number of halogens is 4. The molecule has 0 unspecified atom stereocenters. The van der Waals surface area contributed by atoms with E-state index in [1.165, 1.54) is 0 Å². The lowest BCUT2D eigenvalue weighted by molar-refractivity contribution is 0.468. The van der Waals surface area contributed by atoms with Crippen LogP contribution in [0.5, 0.6) is 0 Å². The fourth-order valence-corrected chi connectivity index (χ4v) is 0.888. The summed E-state index contributed by atoms with van der Waals surface area (Å²) in [5.41, 5.74) is 0.101. The Bertz CT molecular complexity index is 251. The van der Waals surface area contributed by atoms with E-state index < -0.39 is 19.1 Å². The molecule has 0 amide bonds. The van der Waals surface area contributed by atoms with E-state index in [1.54, 1.807) is 0 Å².